The van der Waals surface area contributed by atoms with Crippen molar-refractivity contribution in [3.8, 4) is 23.3 Å². The molecule has 1 fully saturated rings. The quantitative estimate of drug-likeness (QED) is 0.747. The van der Waals surface area contributed by atoms with Crippen LogP contribution >= 0.6 is 0 Å². The minimum Gasteiger partial charge on any atom is -0.491 e. The van der Waals surface area contributed by atoms with Crippen molar-refractivity contribution in [2.75, 3.05) is 25.6 Å². The Kier molecular flexibility index (Phi) is 3.88. The van der Waals surface area contributed by atoms with E-state index in [-0.39, 0.29) is 0 Å². The summed E-state index contributed by atoms with van der Waals surface area (Å²) in [6.45, 7) is 4.50. The highest BCUT2D eigenvalue weighted by atomic mass is 16.5. The van der Waals surface area contributed by atoms with Crippen molar-refractivity contribution in [2.45, 2.75) is 32.7 Å². The molecule has 1 aromatic carbocycles. The molecule has 0 atom stereocenters. The maximum Gasteiger partial charge on any atom is 0.316 e. The van der Waals surface area contributed by atoms with Crippen molar-refractivity contribution in [3.63, 3.8) is 0 Å². The third kappa shape index (κ3) is 3.07. The van der Waals surface area contributed by atoms with Crippen LogP contribution in [0.25, 0.3) is 22.6 Å². The van der Waals surface area contributed by atoms with Gasteiger partial charge < -0.3 is 19.4 Å². The van der Waals surface area contributed by atoms with Gasteiger partial charge in [0.1, 0.15) is 17.0 Å². The minimum absolute atomic E-state index is 0.363. The molecule has 0 spiro atoms. The molecule has 5 rings (SSSR count). The highest BCUT2D eigenvalue weighted by Crippen LogP contribution is 2.36. The summed E-state index contributed by atoms with van der Waals surface area (Å²) in [5.74, 6) is 2.53. The Morgan fingerprint density at radius 1 is 1.22 bits per heavy atom. The molecular weight excluding hydrogens is 342 g/mol. The molecule has 3 heterocycles. The first-order chi connectivity index (χ1) is 13.2. The highest BCUT2D eigenvalue weighted by Gasteiger charge is 2.23. The summed E-state index contributed by atoms with van der Waals surface area (Å²) in [6.07, 6.45) is 3.58. The van der Waals surface area contributed by atoms with Gasteiger partial charge in [-0.1, -0.05) is 0 Å². The number of nitrogens with zero attached hydrogens (tertiary/aromatic N) is 4. The van der Waals surface area contributed by atoms with Crippen LogP contribution in [0.5, 0.6) is 11.8 Å². The molecule has 140 valence electrons. The molecule has 0 amide bonds. The van der Waals surface area contributed by atoms with Crippen LogP contribution in [0.1, 0.15) is 25.0 Å². The first-order valence-electron chi connectivity index (χ1n) is 9.52. The van der Waals surface area contributed by atoms with Gasteiger partial charge in [-0.3, -0.25) is 0 Å². The highest BCUT2D eigenvalue weighted by molar-refractivity contribution is 5.89. The average molecular weight is 365 g/mol. The van der Waals surface area contributed by atoms with E-state index in [2.05, 4.69) is 32.0 Å². The number of anilines is 1. The van der Waals surface area contributed by atoms with Crippen LogP contribution in [0.2, 0.25) is 0 Å². The van der Waals surface area contributed by atoms with Gasteiger partial charge >= 0.3 is 6.01 Å². The molecule has 0 unspecified atom stereocenters. The molecule has 0 saturated heterocycles. The van der Waals surface area contributed by atoms with E-state index in [1.807, 2.05) is 13.0 Å². The topological polar surface area (TPSA) is 74.1 Å². The van der Waals surface area contributed by atoms with E-state index in [1.165, 1.54) is 12.8 Å². The van der Waals surface area contributed by atoms with Crippen LogP contribution in [0.4, 0.5) is 5.69 Å². The SMILES string of the molecule is COc1nc(C)cc(-c2nc3cc(NCC4CC4)cc4c3n2CCCO4)n1. The van der Waals surface area contributed by atoms with Crippen molar-refractivity contribution < 1.29 is 9.47 Å². The van der Waals surface area contributed by atoms with Gasteiger partial charge in [0.05, 0.1) is 19.2 Å². The van der Waals surface area contributed by atoms with E-state index in [0.29, 0.717) is 12.6 Å². The minimum atomic E-state index is 0.363. The second-order valence-corrected chi connectivity index (χ2v) is 7.34. The lowest BCUT2D eigenvalue weighted by Crippen LogP contribution is -2.04. The molecule has 7 nitrogen and oxygen atoms in total. The van der Waals surface area contributed by atoms with Crippen LogP contribution in [0, 0.1) is 12.8 Å². The third-order valence-electron chi connectivity index (χ3n) is 5.13. The fourth-order valence-corrected chi connectivity index (χ4v) is 3.59. The van der Waals surface area contributed by atoms with Crippen molar-refractivity contribution in [3.05, 3.63) is 23.9 Å². The first-order valence-corrected chi connectivity index (χ1v) is 9.52. The Morgan fingerprint density at radius 3 is 2.93 bits per heavy atom. The van der Waals surface area contributed by atoms with Gasteiger partial charge in [-0.15, -0.1) is 0 Å². The second kappa shape index (κ2) is 6.40. The summed E-state index contributed by atoms with van der Waals surface area (Å²) in [7, 11) is 1.58. The van der Waals surface area contributed by atoms with Crippen molar-refractivity contribution in [1.29, 1.82) is 0 Å². The molecule has 2 aromatic heterocycles. The number of aromatic nitrogens is 4. The number of nitrogens with one attached hydrogen (secondary N) is 1. The first kappa shape index (κ1) is 16.4. The largest absolute Gasteiger partial charge is 0.491 e. The van der Waals surface area contributed by atoms with E-state index in [0.717, 1.165) is 65.1 Å². The second-order valence-electron chi connectivity index (χ2n) is 7.34. The summed E-state index contributed by atoms with van der Waals surface area (Å²) in [6, 6.07) is 6.53. The van der Waals surface area contributed by atoms with Crippen LogP contribution in [0.3, 0.4) is 0 Å². The molecule has 1 aliphatic carbocycles. The average Bonchev–Trinajstić information content (AvgIpc) is 3.45. The number of hydrogen-bond acceptors (Lipinski definition) is 6. The molecule has 2 aliphatic rings. The van der Waals surface area contributed by atoms with Crippen LogP contribution in [-0.4, -0.2) is 39.8 Å². The molecule has 3 aromatic rings. The van der Waals surface area contributed by atoms with Crippen LogP contribution in [-0.2, 0) is 6.54 Å². The van der Waals surface area contributed by atoms with Crippen molar-refractivity contribution in [2.24, 2.45) is 5.92 Å². The van der Waals surface area contributed by atoms with E-state index in [9.17, 15) is 0 Å². The molecule has 0 radical (unpaired) electrons. The maximum atomic E-state index is 6.04. The number of ether oxygens (including phenoxy) is 2. The molecule has 1 saturated carbocycles. The maximum absolute atomic E-state index is 6.04. The molecule has 0 bridgehead atoms. The van der Waals surface area contributed by atoms with Gasteiger partial charge in [0, 0.05) is 30.5 Å². The predicted molar refractivity (Wildman–Crippen MR) is 103 cm³/mol. The Bertz CT molecular complexity index is 1010. The standard InChI is InChI=1S/C20H23N5O2/c1-12-8-16(24-20(22-12)26-2)19-23-15-9-14(21-11-13-4-5-13)10-17-18(15)25(19)6-3-7-27-17/h8-10,13,21H,3-7,11H2,1-2H3. The Balaban J connectivity index is 1.64. The van der Waals surface area contributed by atoms with Gasteiger partial charge in [-0.25, -0.2) is 9.97 Å². The lowest BCUT2D eigenvalue weighted by molar-refractivity contribution is 0.316. The van der Waals surface area contributed by atoms with Crippen molar-refractivity contribution >= 4 is 16.7 Å². The van der Waals surface area contributed by atoms with Gasteiger partial charge in [-0.05, 0) is 44.2 Å². The summed E-state index contributed by atoms with van der Waals surface area (Å²) in [5, 5.41) is 3.54. The summed E-state index contributed by atoms with van der Waals surface area (Å²) < 4.78 is 13.5. The third-order valence-corrected chi connectivity index (χ3v) is 5.13. The normalized spacial score (nSPS) is 16.1. The van der Waals surface area contributed by atoms with E-state index in [1.54, 1.807) is 7.11 Å². The predicted octanol–water partition coefficient (Wildman–Crippen LogP) is 3.41. The summed E-state index contributed by atoms with van der Waals surface area (Å²) in [5.41, 5.74) is 4.66. The summed E-state index contributed by atoms with van der Waals surface area (Å²) in [4.78, 5) is 13.7. The van der Waals surface area contributed by atoms with Crippen LogP contribution in [0.15, 0.2) is 18.2 Å². The van der Waals surface area contributed by atoms with Crippen LogP contribution < -0.4 is 14.8 Å². The monoisotopic (exact) mass is 365 g/mol. The van der Waals surface area contributed by atoms with E-state index in [4.69, 9.17) is 14.5 Å². The van der Waals surface area contributed by atoms with E-state index < -0.39 is 0 Å². The molecule has 7 heteroatoms. The number of imidazole rings is 1. The Labute approximate surface area is 157 Å². The lowest BCUT2D eigenvalue weighted by atomic mass is 10.2. The fraction of sp³-hybridized carbons (Fsp3) is 0.450. The number of aryl methyl sites for hydroxylation is 2. The zero-order chi connectivity index (χ0) is 18.4. The molecule has 27 heavy (non-hydrogen) atoms. The number of rotatable bonds is 5. The zero-order valence-electron chi connectivity index (χ0n) is 15.7. The van der Waals surface area contributed by atoms with Gasteiger partial charge in [0.15, 0.2) is 5.82 Å². The van der Waals surface area contributed by atoms with Gasteiger partial charge in [0.25, 0.3) is 0 Å². The smallest absolute Gasteiger partial charge is 0.316 e. The fourth-order valence-electron chi connectivity index (χ4n) is 3.59. The Hall–Kier alpha value is -2.83. The number of hydrogen-bond donors (Lipinski definition) is 1. The molecule has 1 N–H and O–H groups in total. The van der Waals surface area contributed by atoms with Gasteiger partial charge in [0.2, 0.25) is 0 Å². The number of benzene rings is 1. The Morgan fingerprint density at radius 2 is 2.11 bits per heavy atom. The molecule has 1 aliphatic heterocycles. The zero-order valence-corrected chi connectivity index (χ0v) is 15.7. The number of methoxy groups -OCH3 is 1. The van der Waals surface area contributed by atoms with Crippen molar-refractivity contribution in [1.82, 2.24) is 19.5 Å². The van der Waals surface area contributed by atoms with E-state index >= 15 is 0 Å². The lowest BCUT2D eigenvalue weighted by Gasteiger charge is -2.10. The van der Waals surface area contributed by atoms with Gasteiger partial charge in [-0.2, -0.15) is 4.98 Å². The molecular formula is C20H23N5O2. The summed E-state index contributed by atoms with van der Waals surface area (Å²) >= 11 is 0.